The van der Waals surface area contributed by atoms with Gasteiger partial charge in [0.15, 0.2) is 11.5 Å². The monoisotopic (exact) mass is 747 g/mol. The maximum atomic E-state index is 14.0. The zero-order valence-electron chi connectivity index (χ0n) is 28.4. The van der Waals surface area contributed by atoms with E-state index in [1.807, 2.05) is 30.5 Å². The molecule has 5 aromatic rings. The summed E-state index contributed by atoms with van der Waals surface area (Å²) in [5.41, 5.74) is 5.53. The van der Waals surface area contributed by atoms with Crippen LogP contribution in [0, 0.1) is 18.9 Å². The fourth-order valence-electron chi connectivity index (χ4n) is 7.33. The molecule has 2 aromatic carbocycles. The first kappa shape index (κ1) is 34.2. The lowest BCUT2D eigenvalue weighted by atomic mass is 9.73. The molecule has 6 heterocycles. The van der Waals surface area contributed by atoms with Gasteiger partial charge >= 0.3 is 0 Å². The van der Waals surface area contributed by atoms with Gasteiger partial charge in [0.05, 0.1) is 32.5 Å². The zero-order valence-corrected chi connectivity index (χ0v) is 30.8. The van der Waals surface area contributed by atoms with E-state index in [1.54, 1.807) is 64.9 Å². The summed E-state index contributed by atoms with van der Waals surface area (Å²) in [6, 6.07) is 17.8. The molecule has 12 heteroatoms. The van der Waals surface area contributed by atoms with Crippen molar-refractivity contribution in [1.29, 1.82) is 0 Å². The van der Waals surface area contributed by atoms with E-state index in [0.29, 0.717) is 56.7 Å². The molecule has 2 fully saturated rings. The van der Waals surface area contributed by atoms with Crippen molar-refractivity contribution in [3.05, 3.63) is 121 Å². The molecule has 0 radical (unpaired) electrons. The molecule has 0 bridgehead atoms. The highest BCUT2D eigenvalue weighted by atomic mass is 35.5. The molecule has 2 amide bonds. The van der Waals surface area contributed by atoms with Crippen LogP contribution in [0.1, 0.15) is 59.9 Å². The number of anilines is 3. The van der Waals surface area contributed by atoms with E-state index in [-0.39, 0.29) is 29.4 Å². The lowest BCUT2D eigenvalue weighted by molar-refractivity contribution is -0.000511. The first-order chi connectivity index (χ1) is 25.2. The Morgan fingerprint density at radius 1 is 1.06 bits per heavy atom. The van der Waals surface area contributed by atoms with Crippen LogP contribution in [0.3, 0.4) is 0 Å². The van der Waals surface area contributed by atoms with E-state index in [9.17, 15) is 14.4 Å². The number of rotatable bonds is 7. The van der Waals surface area contributed by atoms with Gasteiger partial charge in [0.2, 0.25) is 0 Å². The lowest BCUT2D eigenvalue weighted by Crippen LogP contribution is -2.59. The second-order valence-corrected chi connectivity index (χ2v) is 16.0. The Balaban J connectivity index is 0.961. The van der Waals surface area contributed by atoms with Gasteiger partial charge < -0.3 is 19.9 Å². The first-order valence-electron chi connectivity index (χ1n) is 17.1. The number of ether oxygens (including phenoxy) is 1. The van der Waals surface area contributed by atoms with Crippen LogP contribution in [0.5, 0.6) is 0 Å². The third-order valence-electron chi connectivity index (χ3n) is 10.2. The summed E-state index contributed by atoms with van der Waals surface area (Å²) in [5.74, 6) is 0.225. The first-order valence-corrected chi connectivity index (χ1v) is 19.2. The van der Waals surface area contributed by atoms with Gasteiger partial charge in [-0.05, 0) is 96.8 Å². The van der Waals surface area contributed by atoms with Gasteiger partial charge in [-0.15, -0.1) is 22.7 Å². The molecule has 3 aliphatic heterocycles. The zero-order chi connectivity index (χ0) is 36.0. The van der Waals surface area contributed by atoms with E-state index in [0.717, 1.165) is 65.7 Å². The summed E-state index contributed by atoms with van der Waals surface area (Å²) in [6.07, 6.45) is 4.49. The van der Waals surface area contributed by atoms with E-state index in [4.69, 9.17) is 22.9 Å². The van der Waals surface area contributed by atoms with Crippen LogP contribution in [0.25, 0.3) is 14.6 Å². The minimum atomic E-state index is -0.240. The van der Waals surface area contributed by atoms with Crippen LogP contribution >= 0.6 is 34.3 Å². The maximum Gasteiger partial charge on any atom is 0.259 e. The van der Waals surface area contributed by atoms with Crippen LogP contribution in [-0.2, 0) is 17.6 Å². The minimum absolute atomic E-state index is 0.0491. The summed E-state index contributed by atoms with van der Waals surface area (Å²) >= 11 is 9.33. The van der Waals surface area contributed by atoms with Crippen LogP contribution in [-0.4, -0.2) is 55.4 Å². The number of halogens is 1. The van der Waals surface area contributed by atoms with Crippen molar-refractivity contribution >= 4 is 74.8 Å². The number of pyridine rings is 1. The molecule has 1 spiro atoms. The van der Waals surface area contributed by atoms with Gasteiger partial charge in [-0.25, -0.2) is 9.83 Å². The van der Waals surface area contributed by atoms with Crippen LogP contribution in [0.4, 0.5) is 22.9 Å². The number of aryl methyl sites for hydroxylation is 1. The molecule has 0 unspecified atom stereocenters. The summed E-state index contributed by atoms with van der Waals surface area (Å²) in [4.78, 5) is 55.7. The second-order valence-electron chi connectivity index (χ2n) is 13.6. The lowest BCUT2D eigenvalue weighted by Gasteiger charge is -2.53. The van der Waals surface area contributed by atoms with Gasteiger partial charge in [-0.2, -0.15) is 0 Å². The van der Waals surface area contributed by atoms with Gasteiger partial charge in [0.1, 0.15) is 5.82 Å². The highest BCUT2D eigenvalue weighted by Crippen LogP contribution is 2.46. The number of carbonyl (C=O) groups is 3. The summed E-state index contributed by atoms with van der Waals surface area (Å²) < 4.78 is 5.56. The van der Waals surface area contributed by atoms with Gasteiger partial charge in [0.25, 0.3) is 11.8 Å². The van der Waals surface area contributed by atoms with Crippen molar-refractivity contribution in [2.75, 3.05) is 48.0 Å². The van der Waals surface area contributed by atoms with Crippen LogP contribution < -0.4 is 15.1 Å². The van der Waals surface area contributed by atoms with Crippen molar-refractivity contribution < 1.29 is 19.1 Å². The predicted molar refractivity (Wildman–Crippen MR) is 207 cm³/mol. The number of hydrogen-bond donors (Lipinski definition) is 1. The number of ketones is 1. The molecule has 0 atom stereocenters. The number of thiophene rings is 2. The fourth-order valence-corrected chi connectivity index (χ4v) is 9.80. The molecule has 1 N–H and O–H groups in total. The van der Waals surface area contributed by atoms with Crippen molar-refractivity contribution in [1.82, 2.24) is 4.98 Å². The fraction of sp³-hybridized carbons (Fsp3) is 0.275. The number of benzene rings is 2. The number of hydrogen-bond acceptors (Lipinski definition) is 8. The van der Waals surface area contributed by atoms with Gasteiger partial charge in [-0.1, -0.05) is 23.7 Å². The van der Waals surface area contributed by atoms with Gasteiger partial charge in [-0.3, -0.25) is 14.4 Å². The highest BCUT2D eigenvalue weighted by Gasteiger charge is 2.45. The second kappa shape index (κ2) is 13.9. The number of amides is 2. The third kappa shape index (κ3) is 6.41. The highest BCUT2D eigenvalue weighted by molar-refractivity contribution is 7.23. The van der Waals surface area contributed by atoms with Crippen LogP contribution in [0.2, 0.25) is 5.02 Å². The number of nitrogens with one attached hydrogen (secondary N) is 1. The third-order valence-corrected chi connectivity index (χ3v) is 12.8. The Morgan fingerprint density at radius 3 is 2.62 bits per heavy atom. The molecular formula is C40H34ClN5O4S2. The van der Waals surface area contributed by atoms with Crippen molar-refractivity contribution in [3.8, 4) is 9.75 Å². The minimum Gasteiger partial charge on any atom is -0.381 e. The molecular weight excluding hydrogens is 714 g/mol. The quantitative estimate of drug-likeness (QED) is 0.132. The molecule has 52 heavy (non-hydrogen) atoms. The van der Waals surface area contributed by atoms with E-state index < -0.39 is 0 Å². The Morgan fingerprint density at radius 2 is 1.85 bits per heavy atom. The summed E-state index contributed by atoms with van der Waals surface area (Å²) in [6.45, 7) is 13.1. The van der Waals surface area contributed by atoms with Crippen LogP contribution in [0.15, 0.2) is 72.2 Å². The Bertz CT molecular complexity index is 2260. The smallest absolute Gasteiger partial charge is 0.259 e. The molecule has 3 aromatic heterocycles. The molecule has 0 saturated carbocycles. The maximum absolute atomic E-state index is 14.0. The average molecular weight is 748 g/mol. The SMILES string of the molecule is [C-]#[N+]c1cccc(Cl)c1CC(=O)c1cc2c(s1)-c1sccc1N(C(=O)c1ccc(NC(=O)c3cc(C)cnc3N3CC4(CCOCC4)C3)cc1)CC2. The molecule has 2 saturated heterocycles. The Labute approximate surface area is 314 Å². The summed E-state index contributed by atoms with van der Waals surface area (Å²) in [5, 5.41) is 5.39. The predicted octanol–water partition coefficient (Wildman–Crippen LogP) is 8.88. The molecule has 9 nitrogen and oxygen atoms in total. The van der Waals surface area contributed by atoms with Gasteiger partial charge in [0, 0.05) is 67.2 Å². The van der Waals surface area contributed by atoms with E-state index in [1.165, 1.54) is 11.3 Å². The van der Waals surface area contributed by atoms with E-state index in [2.05, 4.69) is 20.0 Å². The summed E-state index contributed by atoms with van der Waals surface area (Å²) in [7, 11) is 0. The van der Waals surface area contributed by atoms with E-state index >= 15 is 0 Å². The molecule has 3 aliphatic rings. The standard InChI is InChI=1S/C40H34ClN5O4S2/c1-24-18-29(37(43-21-24)45-22-40(23-45)12-15-50-16-13-40)38(48)44-27-8-6-25(7-9-27)39(49)46-14-10-26-19-34(52-35(26)36-32(46)11-17-51-36)33(47)20-28-30(41)4-3-5-31(28)42-2/h3-9,11,17-19,21H,10,12-16,20,22-23H2,1H3,(H,44,48). The average Bonchev–Trinajstić information content (AvgIpc) is 3.77. The Hall–Kier alpha value is -4.86. The molecule has 0 aliphatic carbocycles. The largest absolute Gasteiger partial charge is 0.381 e. The topological polar surface area (TPSA) is 96.2 Å². The normalized spacial score (nSPS) is 15.9. The number of nitrogens with zero attached hydrogens (tertiary/aromatic N) is 4. The number of carbonyl (C=O) groups excluding carboxylic acids is 3. The molecule has 262 valence electrons. The van der Waals surface area contributed by atoms with Crippen molar-refractivity contribution in [3.63, 3.8) is 0 Å². The molecule has 8 rings (SSSR count). The Kier molecular flexibility index (Phi) is 9.17. The van der Waals surface area contributed by atoms with Crippen molar-refractivity contribution in [2.45, 2.75) is 32.6 Å². The van der Waals surface area contributed by atoms with Crippen molar-refractivity contribution in [2.24, 2.45) is 5.41 Å². The number of fused-ring (bicyclic) bond motifs is 3. The number of Topliss-reactive ketones (excluding diaryl/α,β-unsaturated/α-hetero) is 1. The number of aromatic nitrogens is 1.